The average Bonchev–Trinajstić information content (AvgIpc) is 2.15. The summed E-state index contributed by atoms with van der Waals surface area (Å²) in [6, 6.07) is 5.22. The zero-order chi connectivity index (χ0) is 11.5. The molecule has 1 atom stereocenters. The Hall–Kier alpha value is -0.720. The summed E-state index contributed by atoms with van der Waals surface area (Å²) in [5, 5.41) is 17.8. The van der Waals surface area contributed by atoms with E-state index in [1.54, 1.807) is 0 Å². The van der Waals surface area contributed by atoms with Crippen molar-refractivity contribution in [3.05, 3.63) is 29.8 Å². The summed E-state index contributed by atoms with van der Waals surface area (Å²) in [5.41, 5.74) is -3.92. The highest BCUT2D eigenvalue weighted by Gasteiger charge is 2.29. The van der Waals surface area contributed by atoms with E-state index in [4.69, 9.17) is 5.11 Å². The minimum Gasteiger partial charge on any atom is -0.393 e. The third-order valence-electron chi connectivity index (χ3n) is 1.67. The number of aliphatic hydroxyl groups is 2. The van der Waals surface area contributed by atoms with Crippen molar-refractivity contribution in [2.75, 3.05) is 6.61 Å². The van der Waals surface area contributed by atoms with Gasteiger partial charge in [0.2, 0.25) is 0 Å². The predicted octanol–water partition coefficient (Wildman–Crippen LogP) is 2.32. The van der Waals surface area contributed by atoms with Crippen LogP contribution < -0.4 is 0 Å². The van der Waals surface area contributed by atoms with E-state index in [9.17, 15) is 18.3 Å². The molecule has 0 spiro atoms. The fourth-order valence-electron chi connectivity index (χ4n) is 0.997. The standard InChI is InChI=1S/C9H9F3O2S/c10-9(11,12)15-7-3-1-6(2-4-7)8(14)5-13/h1-4,8,13-14H,5H2/t8-/m0/s1. The molecule has 0 bridgehead atoms. The summed E-state index contributed by atoms with van der Waals surface area (Å²) in [7, 11) is 0. The first-order valence-corrected chi connectivity index (χ1v) is 4.88. The highest BCUT2D eigenvalue weighted by atomic mass is 32.2. The van der Waals surface area contributed by atoms with E-state index in [0.29, 0.717) is 5.56 Å². The molecule has 1 aromatic carbocycles. The van der Waals surface area contributed by atoms with Crippen molar-refractivity contribution in [2.45, 2.75) is 16.5 Å². The van der Waals surface area contributed by atoms with Gasteiger partial charge in [0.25, 0.3) is 0 Å². The van der Waals surface area contributed by atoms with Gasteiger partial charge in [-0.3, -0.25) is 0 Å². The molecule has 0 unspecified atom stereocenters. The summed E-state index contributed by atoms with van der Waals surface area (Å²) in [6.07, 6.45) is -1.05. The highest BCUT2D eigenvalue weighted by Crippen LogP contribution is 2.36. The molecule has 6 heteroatoms. The molecular weight excluding hydrogens is 229 g/mol. The van der Waals surface area contributed by atoms with Crippen molar-refractivity contribution in [3.63, 3.8) is 0 Å². The molecule has 0 aromatic heterocycles. The Morgan fingerprint density at radius 2 is 1.73 bits per heavy atom. The van der Waals surface area contributed by atoms with E-state index in [1.165, 1.54) is 24.3 Å². The third kappa shape index (κ3) is 4.11. The second-order valence-electron chi connectivity index (χ2n) is 2.82. The largest absolute Gasteiger partial charge is 0.446 e. The normalized spacial score (nSPS) is 13.9. The average molecular weight is 238 g/mol. The lowest BCUT2D eigenvalue weighted by molar-refractivity contribution is -0.0328. The molecule has 15 heavy (non-hydrogen) atoms. The van der Waals surface area contributed by atoms with Gasteiger partial charge in [-0.2, -0.15) is 13.2 Å². The van der Waals surface area contributed by atoms with Gasteiger partial charge in [0.15, 0.2) is 0 Å². The fourth-order valence-corrected chi connectivity index (χ4v) is 1.54. The van der Waals surface area contributed by atoms with Gasteiger partial charge in [-0.1, -0.05) is 12.1 Å². The van der Waals surface area contributed by atoms with Crippen LogP contribution in [0.4, 0.5) is 13.2 Å². The molecule has 0 aliphatic rings. The van der Waals surface area contributed by atoms with Gasteiger partial charge in [0, 0.05) is 4.90 Å². The van der Waals surface area contributed by atoms with Gasteiger partial charge >= 0.3 is 5.51 Å². The molecule has 2 nitrogen and oxygen atoms in total. The first-order chi connectivity index (χ1) is 6.92. The molecule has 0 heterocycles. The number of hydrogen-bond acceptors (Lipinski definition) is 3. The Bertz CT molecular complexity index is 310. The number of benzene rings is 1. The van der Waals surface area contributed by atoms with Crippen LogP contribution in [-0.4, -0.2) is 22.3 Å². The minimum atomic E-state index is -4.31. The summed E-state index contributed by atoms with van der Waals surface area (Å²) < 4.78 is 35.8. The Kier molecular flexibility index (Phi) is 4.01. The van der Waals surface area contributed by atoms with Crippen molar-refractivity contribution in [1.29, 1.82) is 0 Å². The van der Waals surface area contributed by atoms with Crippen LogP contribution in [0, 0.1) is 0 Å². The lowest BCUT2D eigenvalue weighted by Gasteiger charge is -2.09. The van der Waals surface area contributed by atoms with Crippen LogP contribution >= 0.6 is 11.8 Å². The molecule has 0 radical (unpaired) electrons. The first kappa shape index (κ1) is 12.4. The predicted molar refractivity (Wildman–Crippen MR) is 50.4 cm³/mol. The van der Waals surface area contributed by atoms with Crippen molar-refractivity contribution in [3.8, 4) is 0 Å². The van der Waals surface area contributed by atoms with Crippen molar-refractivity contribution < 1.29 is 23.4 Å². The second-order valence-corrected chi connectivity index (χ2v) is 3.95. The van der Waals surface area contributed by atoms with Crippen LogP contribution in [-0.2, 0) is 0 Å². The molecule has 0 saturated carbocycles. The van der Waals surface area contributed by atoms with Gasteiger partial charge in [-0.25, -0.2) is 0 Å². The van der Waals surface area contributed by atoms with E-state index in [-0.39, 0.29) is 16.7 Å². The molecule has 0 saturated heterocycles. The maximum Gasteiger partial charge on any atom is 0.446 e. The summed E-state index contributed by atoms with van der Waals surface area (Å²) >= 11 is -0.215. The number of thioether (sulfide) groups is 1. The topological polar surface area (TPSA) is 40.5 Å². The van der Waals surface area contributed by atoms with Crippen LogP contribution in [0.3, 0.4) is 0 Å². The van der Waals surface area contributed by atoms with Crippen LogP contribution in [0.2, 0.25) is 0 Å². The van der Waals surface area contributed by atoms with Gasteiger partial charge in [0.05, 0.1) is 6.61 Å². The van der Waals surface area contributed by atoms with E-state index in [0.717, 1.165) is 0 Å². The number of hydrogen-bond donors (Lipinski definition) is 2. The zero-order valence-electron chi connectivity index (χ0n) is 7.53. The molecule has 84 valence electrons. The second kappa shape index (κ2) is 4.87. The summed E-state index contributed by atoms with van der Waals surface area (Å²) in [4.78, 5) is 0.0522. The highest BCUT2D eigenvalue weighted by molar-refractivity contribution is 8.00. The van der Waals surface area contributed by atoms with E-state index in [2.05, 4.69) is 0 Å². The molecule has 1 aromatic rings. The maximum absolute atomic E-state index is 11.9. The van der Waals surface area contributed by atoms with Crippen molar-refractivity contribution >= 4 is 11.8 Å². The summed E-state index contributed by atoms with van der Waals surface area (Å²) in [5.74, 6) is 0. The fraction of sp³-hybridized carbons (Fsp3) is 0.333. The van der Waals surface area contributed by atoms with Gasteiger partial charge in [-0.15, -0.1) is 0 Å². The Balaban J connectivity index is 2.72. The Labute approximate surface area is 88.7 Å². The summed E-state index contributed by atoms with van der Waals surface area (Å²) in [6.45, 7) is -0.453. The molecule has 0 amide bonds. The first-order valence-electron chi connectivity index (χ1n) is 4.07. The number of rotatable bonds is 3. The van der Waals surface area contributed by atoms with Crippen LogP contribution in [0.1, 0.15) is 11.7 Å². The molecule has 1 rings (SSSR count). The Morgan fingerprint density at radius 1 is 1.20 bits per heavy atom. The lowest BCUT2D eigenvalue weighted by atomic mass is 10.1. The molecule has 0 fully saturated rings. The van der Waals surface area contributed by atoms with E-state index >= 15 is 0 Å². The SMILES string of the molecule is OC[C@H](O)c1ccc(SC(F)(F)F)cc1. The van der Waals surface area contributed by atoms with Gasteiger partial charge in [-0.05, 0) is 29.5 Å². The van der Waals surface area contributed by atoms with Crippen LogP contribution in [0.15, 0.2) is 29.2 Å². The van der Waals surface area contributed by atoms with Gasteiger partial charge in [0.1, 0.15) is 6.10 Å². The smallest absolute Gasteiger partial charge is 0.393 e. The maximum atomic E-state index is 11.9. The zero-order valence-corrected chi connectivity index (χ0v) is 8.35. The number of halogens is 3. The molecular formula is C9H9F3O2S. The van der Waals surface area contributed by atoms with Crippen molar-refractivity contribution in [2.24, 2.45) is 0 Å². The van der Waals surface area contributed by atoms with E-state index in [1.807, 2.05) is 0 Å². The number of aliphatic hydroxyl groups excluding tert-OH is 2. The number of alkyl halides is 3. The van der Waals surface area contributed by atoms with Crippen LogP contribution in [0.5, 0.6) is 0 Å². The third-order valence-corrected chi connectivity index (χ3v) is 2.41. The van der Waals surface area contributed by atoms with Gasteiger partial charge < -0.3 is 10.2 Å². The van der Waals surface area contributed by atoms with Crippen LogP contribution in [0.25, 0.3) is 0 Å². The minimum absolute atomic E-state index is 0.0522. The van der Waals surface area contributed by atoms with E-state index < -0.39 is 18.2 Å². The van der Waals surface area contributed by atoms with Crippen molar-refractivity contribution in [1.82, 2.24) is 0 Å². The molecule has 0 aliphatic heterocycles. The Morgan fingerprint density at radius 3 is 2.13 bits per heavy atom. The monoisotopic (exact) mass is 238 g/mol. The molecule has 2 N–H and O–H groups in total. The lowest BCUT2D eigenvalue weighted by Crippen LogP contribution is -2.02. The quantitative estimate of drug-likeness (QED) is 0.794. The molecule has 0 aliphatic carbocycles.